The average Bonchev–Trinajstić information content (AvgIpc) is 2.83. The van der Waals surface area contributed by atoms with Gasteiger partial charge in [0.15, 0.2) is 0 Å². The molecular weight excluding hydrogens is 238 g/mol. The summed E-state index contributed by atoms with van der Waals surface area (Å²) in [6.07, 6.45) is 1.89. The number of carbonyl (C=O) groups is 3. The van der Waals surface area contributed by atoms with Crippen LogP contribution in [-0.4, -0.2) is 48.5 Å². The molecule has 0 aromatic rings. The first-order chi connectivity index (χ1) is 8.63. The predicted molar refractivity (Wildman–Crippen MR) is 61.4 cm³/mol. The van der Waals surface area contributed by atoms with Gasteiger partial charge in [-0.2, -0.15) is 0 Å². The van der Waals surface area contributed by atoms with Crippen molar-refractivity contribution in [2.45, 2.75) is 25.4 Å². The minimum Gasteiger partial charge on any atom is -0.376 e. The van der Waals surface area contributed by atoms with Crippen LogP contribution in [0.1, 0.15) is 19.3 Å². The van der Waals surface area contributed by atoms with Crippen LogP contribution >= 0.6 is 0 Å². The van der Waals surface area contributed by atoms with Gasteiger partial charge in [0.2, 0.25) is 11.8 Å². The molecule has 0 aromatic heterocycles. The van der Waals surface area contributed by atoms with Crippen LogP contribution in [0.15, 0.2) is 0 Å². The molecule has 2 saturated heterocycles. The van der Waals surface area contributed by atoms with Crippen LogP contribution < -0.4 is 11.1 Å². The van der Waals surface area contributed by atoms with E-state index in [0.717, 1.165) is 17.7 Å². The van der Waals surface area contributed by atoms with Crippen molar-refractivity contribution in [1.82, 2.24) is 10.2 Å². The Bertz CT molecular complexity index is 365. The monoisotopic (exact) mass is 255 g/mol. The summed E-state index contributed by atoms with van der Waals surface area (Å²) in [5.74, 6) is -1.88. The van der Waals surface area contributed by atoms with Crippen molar-refractivity contribution in [3.05, 3.63) is 0 Å². The van der Waals surface area contributed by atoms with Crippen molar-refractivity contribution in [2.75, 3.05) is 19.7 Å². The number of nitrogens with one attached hydrogen (secondary N) is 1. The number of barbiturate groups is 1. The molecule has 0 aromatic carbocycles. The van der Waals surface area contributed by atoms with Crippen LogP contribution in [0.4, 0.5) is 4.79 Å². The van der Waals surface area contributed by atoms with E-state index in [-0.39, 0.29) is 25.6 Å². The summed E-state index contributed by atoms with van der Waals surface area (Å²) < 4.78 is 5.39. The molecule has 3 N–H and O–H groups in total. The molecule has 2 aliphatic rings. The van der Waals surface area contributed by atoms with Crippen molar-refractivity contribution < 1.29 is 19.1 Å². The number of urea groups is 1. The topological polar surface area (TPSA) is 102 Å². The lowest BCUT2D eigenvalue weighted by molar-refractivity contribution is -0.143. The van der Waals surface area contributed by atoms with Crippen LogP contribution in [0.2, 0.25) is 0 Å². The molecule has 2 fully saturated rings. The third-order valence-electron chi connectivity index (χ3n) is 3.22. The molecule has 2 heterocycles. The number of hydrogen-bond acceptors (Lipinski definition) is 5. The molecule has 2 unspecified atom stereocenters. The normalized spacial score (nSPS) is 28.7. The maximum atomic E-state index is 12.1. The predicted octanol–water partition coefficient (Wildman–Crippen LogP) is -0.791. The zero-order chi connectivity index (χ0) is 13.1. The van der Waals surface area contributed by atoms with Gasteiger partial charge in [-0.15, -0.1) is 0 Å². The van der Waals surface area contributed by atoms with Gasteiger partial charge >= 0.3 is 6.03 Å². The smallest absolute Gasteiger partial charge is 0.330 e. The molecule has 7 heteroatoms. The summed E-state index contributed by atoms with van der Waals surface area (Å²) in [6, 6.07) is -0.659. The highest BCUT2D eigenvalue weighted by Gasteiger charge is 2.40. The Kier molecular flexibility index (Phi) is 3.93. The Balaban J connectivity index is 2.05. The number of carbonyl (C=O) groups excluding carboxylic acids is 3. The van der Waals surface area contributed by atoms with Crippen molar-refractivity contribution in [2.24, 2.45) is 11.7 Å². The summed E-state index contributed by atoms with van der Waals surface area (Å²) in [5, 5.41) is 2.18. The molecule has 7 nitrogen and oxygen atoms in total. The van der Waals surface area contributed by atoms with E-state index in [2.05, 4.69) is 5.32 Å². The second-order valence-corrected chi connectivity index (χ2v) is 4.51. The third kappa shape index (κ3) is 2.51. The van der Waals surface area contributed by atoms with Crippen LogP contribution in [0.25, 0.3) is 0 Å². The fourth-order valence-electron chi connectivity index (χ4n) is 2.25. The number of imide groups is 2. The molecule has 2 atom stereocenters. The maximum Gasteiger partial charge on any atom is 0.330 e. The van der Waals surface area contributed by atoms with E-state index in [1.165, 1.54) is 0 Å². The Labute approximate surface area is 105 Å². The van der Waals surface area contributed by atoms with Gasteiger partial charge in [0.1, 0.15) is 5.92 Å². The molecule has 100 valence electrons. The van der Waals surface area contributed by atoms with Gasteiger partial charge in [-0.1, -0.05) is 0 Å². The molecule has 0 spiro atoms. The third-order valence-corrected chi connectivity index (χ3v) is 3.22. The summed E-state index contributed by atoms with van der Waals surface area (Å²) in [4.78, 5) is 36.3. The van der Waals surface area contributed by atoms with E-state index in [4.69, 9.17) is 10.5 Å². The molecule has 0 aliphatic carbocycles. The van der Waals surface area contributed by atoms with Gasteiger partial charge in [0.05, 0.1) is 12.6 Å². The van der Waals surface area contributed by atoms with Gasteiger partial charge in [-0.25, -0.2) is 4.79 Å². The Hall–Kier alpha value is -1.47. The van der Waals surface area contributed by atoms with Gasteiger partial charge < -0.3 is 10.5 Å². The zero-order valence-corrected chi connectivity index (χ0v) is 10.1. The number of hydrogen-bond donors (Lipinski definition) is 2. The average molecular weight is 255 g/mol. The highest BCUT2D eigenvalue weighted by Crippen LogP contribution is 2.18. The van der Waals surface area contributed by atoms with Gasteiger partial charge in [0, 0.05) is 6.61 Å². The minimum absolute atomic E-state index is 0.119. The van der Waals surface area contributed by atoms with Crippen molar-refractivity contribution in [3.8, 4) is 0 Å². The first kappa shape index (κ1) is 13.0. The summed E-state index contributed by atoms with van der Waals surface area (Å²) >= 11 is 0. The first-order valence-electron chi connectivity index (χ1n) is 6.11. The van der Waals surface area contributed by atoms with Crippen LogP contribution in [-0.2, 0) is 14.3 Å². The number of rotatable bonds is 4. The molecule has 18 heavy (non-hydrogen) atoms. The van der Waals surface area contributed by atoms with E-state index in [1.807, 2.05) is 0 Å². The Morgan fingerprint density at radius 1 is 1.39 bits per heavy atom. The lowest BCUT2D eigenvalue weighted by atomic mass is 10.0. The lowest BCUT2D eigenvalue weighted by Crippen LogP contribution is -2.59. The van der Waals surface area contributed by atoms with E-state index < -0.39 is 23.8 Å². The largest absolute Gasteiger partial charge is 0.376 e. The van der Waals surface area contributed by atoms with Gasteiger partial charge in [-0.05, 0) is 25.8 Å². The van der Waals surface area contributed by atoms with Gasteiger partial charge in [0.25, 0.3) is 0 Å². The number of nitrogens with zero attached hydrogens (tertiary/aromatic N) is 1. The fraction of sp³-hybridized carbons (Fsp3) is 0.727. The zero-order valence-electron chi connectivity index (χ0n) is 10.1. The van der Waals surface area contributed by atoms with E-state index in [9.17, 15) is 14.4 Å². The quantitative estimate of drug-likeness (QED) is 0.641. The Morgan fingerprint density at radius 3 is 2.78 bits per heavy atom. The van der Waals surface area contributed by atoms with Crippen molar-refractivity contribution >= 4 is 17.8 Å². The summed E-state index contributed by atoms with van der Waals surface area (Å²) in [7, 11) is 0. The standard InChI is InChI=1S/C11H17N3O4/c12-4-3-8-9(15)13-11(17)14(10(8)16)6-7-2-1-5-18-7/h7-8H,1-6,12H2,(H,13,15,17). The number of ether oxygens (including phenoxy) is 1. The maximum absolute atomic E-state index is 12.1. The highest BCUT2D eigenvalue weighted by atomic mass is 16.5. The van der Waals surface area contributed by atoms with E-state index in [1.54, 1.807) is 0 Å². The van der Waals surface area contributed by atoms with Crippen molar-refractivity contribution in [1.29, 1.82) is 0 Å². The Morgan fingerprint density at radius 2 is 2.17 bits per heavy atom. The molecule has 2 rings (SSSR count). The molecule has 2 aliphatic heterocycles. The van der Waals surface area contributed by atoms with Crippen LogP contribution in [0.5, 0.6) is 0 Å². The van der Waals surface area contributed by atoms with Crippen LogP contribution in [0.3, 0.4) is 0 Å². The molecular formula is C11H17N3O4. The lowest BCUT2D eigenvalue weighted by Gasteiger charge is -2.31. The van der Waals surface area contributed by atoms with E-state index >= 15 is 0 Å². The fourth-order valence-corrected chi connectivity index (χ4v) is 2.25. The SMILES string of the molecule is NCCC1C(=O)NC(=O)N(CC2CCCO2)C1=O. The molecule has 0 radical (unpaired) electrons. The molecule has 0 saturated carbocycles. The van der Waals surface area contributed by atoms with Gasteiger partial charge in [-0.3, -0.25) is 19.8 Å². The van der Waals surface area contributed by atoms with E-state index in [0.29, 0.717) is 6.61 Å². The molecule has 4 amide bonds. The second kappa shape index (κ2) is 5.45. The number of amides is 4. The number of nitrogens with two attached hydrogens (primary N) is 1. The first-order valence-corrected chi connectivity index (χ1v) is 6.11. The van der Waals surface area contributed by atoms with Crippen LogP contribution in [0, 0.1) is 5.92 Å². The molecule has 0 bridgehead atoms. The summed E-state index contributed by atoms with van der Waals surface area (Å²) in [6.45, 7) is 1.09. The highest BCUT2D eigenvalue weighted by molar-refractivity contribution is 6.16. The summed E-state index contributed by atoms with van der Waals surface area (Å²) in [5.41, 5.74) is 5.37. The van der Waals surface area contributed by atoms with Crippen molar-refractivity contribution in [3.63, 3.8) is 0 Å². The second-order valence-electron chi connectivity index (χ2n) is 4.51. The minimum atomic E-state index is -0.853.